The highest BCUT2D eigenvalue weighted by atomic mass is 32.1. The van der Waals surface area contributed by atoms with Gasteiger partial charge in [0.2, 0.25) is 0 Å². The Morgan fingerprint density at radius 3 is 2.10 bits per heavy atom. The van der Waals surface area contributed by atoms with E-state index in [1.54, 1.807) is 11.1 Å². The Morgan fingerprint density at radius 2 is 1.60 bits per heavy atom. The summed E-state index contributed by atoms with van der Waals surface area (Å²) in [4.78, 5) is 3.00. The van der Waals surface area contributed by atoms with Crippen LogP contribution in [0.4, 0.5) is 0 Å². The first-order valence-corrected chi connectivity index (χ1v) is 4.39. The summed E-state index contributed by atoms with van der Waals surface area (Å²) in [6.45, 7) is 6.60. The van der Waals surface area contributed by atoms with Crippen molar-refractivity contribution in [1.29, 1.82) is 0 Å². The maximum absolute atomic E-state index is 3.36. The third-order valence-electron chi connectivity index (χ3n) is 2.12. The normalized spacial score (nSPS) is 15.8. The van der Waals surface area contributed by atoms with E-state index in [1.807, 2.05) is 11.3 Å². The second-order valence-electron chi connectivity index (χ2n) is 2.78. The molecule has 10 heavy (non-hydrogen) atoms. The van der Waals surface area contributed by atoms with Crippen LogP contribution in [-0.4, -0.2) is 0 Å². The van der Waals surface area contributed by atoms with Gasteiger partial charge in [-0.25, -0.2) is 0 Å². The highest BCUT2D eigenvalue weighted by Gasteiger charge is 2.16. The molecule has 0 aromatic carbocycles. The molecular weight excluding hydrogens is 142 g/mol. The molecule has 1 aliphatic rings. The van der Waals surface area contributed by atoms with Crippen molar-refractivity contribution >= 4 is 11.3 Å². The van der Waals surface area contributed by atoms with Crippen LogP contribution in [0.1, 0.15) is 20.9 Å². The molecule has 0 bridgehead atoms. The molecule has 1 nitrogen and oxygen atoms in total. The van der Waals surface area contributed by atoms with E-state index >= 15 is 0 Å². The van der Waals surface area contributed by atoms with Crippen LogP contribution in [0.15, 0.2) is 0 Å². The minimum Gasteiger partial charge on any atom is -0.309 e. The Morgan fingerprint density at radius 1 is 1.10 bits per heavy atom. The number of fused-ring (bicyclic) bond motifs is 1. The Kier molecular flexibility index (Phi) is 1.32. The Hall–Kier alpha value is -0.340. The SMILES string of the molecule is Cc1sc(C)c2c1CNC2. The van der Waals surface area contributed by atoms with Crippen LogP contribution in [0, 0.1) is 13.8 Å². The lowest BCUT2D eigenvalue weighted by Gasteiger charge is -1.89. The average molecular weight is 153 g/mol. The summed E-state index contributed by atoms with van der Waals surface area (Å²) in [6.07, 6.45) is 0. The van der Waals surface area contributed by atoms with Crippen molar-refractivity contribution in [1.82, 2.24) is 5.32 Å². The highest BCUT2D eigenvalue weighted by Crippen LogP contribution is 2.30. The largest absolute Gasteiger partial charge is 0.309 e. The summed E-state index contributed by atoms with van der Waals surface area (Å²) in [7, 11) is 0. The summed E-state index contributed by atoms with van der Waals surface area (Å²) in [6, 6.07) is 0. The molecule has 0 unspecified atom stereocenters. The first kappa shape index (κ1) is 6.38. The standard InChI is InChI=1S/C8H11NS/c1-5-7-3-9-4-8(7)6(2)10-5/h9H,3-4H2,1-2H3. The van der Waals surface area contributed by atoms with Crippen LogP contribution in [0.2, 0.25) is 0 Å². The molecule has 54 valence electrons. The third kappa shape index (κ3) is 0.724. The predicted molar refractivity (Wildman–Crippen MR) is 44.3 cm³/mol. The number of nitrogens with one attached hydrogen (secondary N) is 1. The van der Waals surface area contributed by atoms with E-state index < -0.39 is 0 Å². The van der Waals surface area contributed by atoms with Crippen LogP contribution in [0.5, 0.6) is 0 Å². The Labute approximate surface area is 65.1 Å². The zero-order valence-corrected chi connectivity index (χ0v) is 7.14. The van der Waals surface area contributed by atoms with E-state index in [1.165, 1.54) is 9.75 Å². The van der Waals surface area contributed by atoms with Crippen LogP contribution in [0.25, 0.3) is 0 Å². The first-order valence-electron chi connectivity index (χ1n) is 3.57. The quantitative estimate of drug-likeness (QED) is 0.601. The average Bonchev–Trinajstić information content (AvgIpc) is 2.39. The van der Waals surface area contributed by atoms with Gasteiger partial charge in [-0.3, -0.25) is 0 Å². The first-order chi connectivity index (χ1) is 4.79. The molecule has 0 atom stereocenters. The van der Waals surface area contributed by atoms with Gasteiger partial charge in [0.25, 0.3) is 0 Å². The van der Waals surface area contributed by atoms with Crippen LogP contribution in [0.3, 0.4) is 0 Å². The zero-order chi connectivity index (χ0) is 7.14. The molecule has 0 aliphatic carbocycles. The van der Waals surface area contributed by atoms with E-state index in [2.05, 4.69) is 19.2 Å². The summed E-state index contributed by atoms with van der Waals surface area (Å²) in [5.74, 6) is 0. The van der Waals surface area contributed by atoms with Gasteiger partial charge in [0.05, 0.1) is 0 Å². The molecule has 0 radical (unpaired) electrons. The minimum absolute atomic E-state index is 1.09. The van der Waals surface area contributed by atoms with Crippen molar-refractivity contribution in [2.45, 2.75) is 26.9 Å². The van der Waals surface area contributed by atoms with Crippen molar-refractivity contribution < 1.29 is 0 Å². The molecule has 1 aliphatic heterocycles. The fourth-order valence-electron chi connectivity index (χ4n) is 1.55. The molecule has 1 N–H and O–H groups in total. The van der Waals surface area contributed by atoms with E-state index in [0.717, 1.165) is 13.1 Å². The molecule has 0 spiro atoms. The van der Waals surface area contributed by atoms with Crippen molar-refractivity contribution in [3.63, 3.8) is 0 Å². The van der Waals surface area contributed by atoms with Gasteiger partial charge in [0, 0.05) is 22.8 Å². The van der Waals surface area contributed by atoms with Gasteiger partial charge < -0.3 is 5.32 Å². The van der Waals surface area contributed by atoms with Crippen molar-refractivity contribution in [3.05, 3.63) is 20.9 Å². The lowest BCUT2D eigenvalue weighted by Crippen LogP contribution is -2.01. The molecule has 2 heteroatoms. The van der Waals surface area contributed by atoms with Crippen molar-refractivity contribution in [2.75, 3.05) is 0 Å². The minimum atomic E-state index is 1.09. The molecule has 0 saturated carbocycles. The molecule has 1 aromatic heterocycles. The maximum Gasteiger partial charge on any atom is 0.0222 e. The summed E-state index contributed by atoms with van der Waals surface area (Å²) in [5, 5.41) is 3.36. The lowest BCUT2D eigenvalue weighted by molar-refractivity contribution is 0.762. The van der Waals surface area contributed by atoms with Gasteiger partial charge in [-0.1, -0.05) is 0 Å². The summed E-state index contributed by atoms with van der Waals surface area (Å²) in [5.41, 5.74) is 3.12. The molecular formula is C8H11NS. The molecule has 0 saturated heterocycles. The predicted octanol–water partition coefficient (Wildman–Crippen LogP) is 1.97. The zero-order valence-electron chi connectivity index (χ0n) is 6.32. The summed E-state index contributed by atoms with van der Waals surface area (Å²) >= 11 is 1.93. The number of hydrogen-bond donors (Lipinski definition) is 1. The maximum atomic E-state index is 3.36. The fraction of sp³-hybridized carbons (Fsp3) is 0.500. The van der Waals surface area contributed by atoms with E-state index in [0.29, 0.717) is 0 Å². The van der Waals surface area contributed by atoms with E-state index in [9.17, 15) is 0 Å². The molecule has 2 heterocycles. The monoisotopic (exact) mass is 153 g/mol. The summed E-state index contributed by atoms with van der Waals surface area (Å²) < 4.78 is 0. The topological polar surface area (TPSA) is 12.0 Å². The smallest absolute Gasteiger partial charge is 0.0222 e. The van der Waals surface area contributed by atoms with E-state index in [4.69, 9.17) is 0 Å². The van der Waals surface area contributed by atoms with Crippen molar-refractivity contribution in [2.24, 2.45) is 0 Å². The Bertz CT molecular complexity index is 238. The third-order valence-corrected chi connectivity index (χ3v) is 3.23. The fourth-order valence-corrected chi connectivity index (χ4v) is 2.65. The molecule has 0 amide bonds. The second kappa shape index (κ2) is 2.07. The lowest BCUT2D eigenvalue weighted by atomic mass is 10.2. The van der Waals surface area contributed by atoms with Gasteiger partial charge >= 0.3 is 0 Å². The van der Waals surface area contributed by atoms with Gasteiger partial charge in [-0.05, 0) is 25.0 Å². The number of aryl methyl sites for hydroxylation is 2. The molecule has 1 aromatic rings. The van der Waals surface area contributed by atoms with Crippen LogP contribution in [-0.2, 0) is 13.1 Å². The molecule has 0 fully saturated rings. The van der Waals surface area contributed by atoms with Crippen LogP contribution >= 0.6 is 11.3 Å². The number of rotatable bonds is 0. The van der Waals surface area contributed by atoms with E-state index in [-0.39, 0.29) is 0 Å². The van der Waals surface area contributed by atoms with Gasteiger partial charge in [0.15, 0.2) is 0 Å². The number of thiophene rings is 1. The van der Waals surface area contributed by atoms with Crippen LogP contribution < -0.4 is 5.32 Å². The second-order valence-corrected chi connectivity index (χ2v) is 4.20. The van der Waals surface area contributed by atoms with Crippen molar-refractivity contribution in [3.8, 4) is 0 Å². The number of hydrogen-bond acceptors (Lipinski definition) is 2. The van der Waals surface area contributed by atoms with Gasteiger partial charge in [-0.2, -0.15) is 0 Å². The Balaban J connectivity index is 2.61. The van der Waals surface area contributed by atoms with Gasteiger partial charge in [-0.15, -0.1) is 11.3 Å². The molecule has 2 rings (SSSR count). The highest BCUT2D eigenvalue weighted by molar-refractivity contribution is 7.12. The van der Waals surface area contributed by atoms with Gasteiger partial charge in [0.1, 0.15) is 0 Å².